The summed E-state index contributed by atoms with van der Waals surface area (Å²) in [6.07, 6.45) is 3.23. The Hall–Kier alpha value is -3.74. The molecule has 2 aliphatic rings. The molecule has 0 spiro atoms. The van der Waals surface area contributed by atoms with Crippen LogP contribution in [0.2, 0.25) is 0 Å². The molecule has 39 heavy (non-hydrogen) atoms. The topological polar surface area (TPSA) is 57.7 Å². The van der Waals surface area contributed by atoms with Crippen LogP contribution in [-0.4, -0.2) is 54.0 Å². The van der Waals surface area contributed by atoms with Crippen molar-refractivity contribution in [3.8, 4) is 5.75 Å². The third-order valence-corrected chi connectivity index (χ3v) is 8.14. The van der Waals surface area contributed by atoms with Crippen LogP contribution in [0, 0.1) is 0 Å². The molecule has 0 bridgehead atoms. The quantitative estimate of drug-likeness (QED) is 0.339. The number of carbonyl (C=O) groups excluding carboxylic acids is 1. The van der Waals surface area contributed by atoms with E-state index in [1.165, 1.54) is 24.0 Å². The first-order valence-corrected chi connectivity index (χ1v) is 14.0. The standard InChI is InChI=1S/C33H36N4O2/c1-39-26-15-13-25(14-16-26)31(37-18-7-8-19-37)21-34-33(38)32-27-11-5-6-12-29(27)35-30-17-20-36(23-28(30)32)22-24-9-3-2-4-10-24/h2-6,9-16,31H,7-8,17-23H2,1H3,(H,34,38)/t31-/m1/s1. The van der Waals surface area contributed by atoms with E-state index in [1.54, 1.807) is 7.11 Å². The highest BCUT2D eigenvalue weighted by Crippen LogP contribution is 2.30. The van der Waals surface area contributed by atoms with E-state index in [1.807, 2.05) is 36.4 Å². The number of benzene rings is 3. The summed E-state index contributed by atoms with van der Waals surface area (Å²) < 4.78 is 5.38. The minimum absolute atomic E-state index is 0.0101. The number of nitrogens with zero attached hydrogens (tertiary/aromatic N) is 3. The van der Waals surface area contributed by atoms with Gasteiger partial charge in [-0.1, -0.05) is 60.7 Å². The number of amides is 1. The molecule has 6 rings (SSSR count). The summed E-state index contributed by atoms with van der Waals surface area (Å²) in [5.74, 6) is 0.835. The van der Waals surface area contributed by atoms with E-state index in [4.69, 9.17) is 9.72 Å². The van der Waals surface area contributed by atoms with Crippen molar-refractivity contribution in [2.75, 3.05) is 33.3 Å². The highest BCUT2D eigenvalue weighted by atomic mass is 16.5. The fourth-order valence-corrected chi connectivity index (χ4v) is 6.10. The maximum absolute atomic E-state index is 14.1. The Morgan fingerprint density at radius 2 is 1.69 bits per heavy atom. The zero-order chi connectivity index (χ0) is 26.6. The number of carbonyl (C=O) groups is 1. The number of ether oxygens (including phenoxy) is 1. The number of hydrogen-bond donors (Lipinski definition) is 1. The van der Waals surface area contributed by atoms with E-state index in [0.29, 0.717) is 6.54 Å². The Morgan fingerprint density at radius 1 is 0.949 bits per heavy atom. The maximum atomic E-state index is 14.1. The maximum Gasteiger partial charge on any atom is 0.252 e. The van der Waals surface area contributed by atoms with Gasteiger partial charge in [0.05, 0.1) is 24.2 Å². The molecule has 1 fully saturated rings. The first kappa shape index (κ1) is 25.5. The lowest BCUT2D eigenvalue weighted by molar-refractivity contribution is 0.0936. The fraction of sp³-hybridized carbons (Fsp3) is 0.333. The highest BCUT2D eigenvalue weighted by Gasteiger charge is 2.28. The molecular weight excluding hydrogens is 484 g/mol. The van der Waals surface area contributed by atoms with E-state index < -0.39 is 0 Å². The number of aromatic nitrogens is 1. The Morgan fingerprint density at radius 3 is 2.46 bits per heavy atom. The number of rotatable bonds is 8. The van der Waals surface area contributed by atoms with Crippen molar-refractivity contribution in [3.63, 3.8) is 0 Å². The summed E-state index contributed by atoms with van der Waals surface area (Å²) in [5, 5.41) is 4.28. The molecule has 1 atom stereocenters. The molecule has 0 saturated carbocycles. The molecule has 6 nitrogen and oxygen atoms in total. The zero-order valence-electron chi connectivity index (χ0n) is 22.6. The molecule has 1 saturated heterocycles. The molecule has 0 unspecified atom stereocenters. The van der Waals surface area contributed by atoms with Gasteiger partial charge >= 0.3 is 0 Å². The van der Waals surface area contributed by atoms with Crippen LogP contribution in [0.4, 0.5) is 0 Å². The molecule has 1 N–H and O–H groups in total. The van der Waals surface area contributed by atoms with Crippen molar-refractivity contribution < 1.29 is 9.53 Å². The third kappa shape index (κ3) is 5.54. The van der Waals surface area contributed by atoms with Gasteiger partial charge in [-0.2, -0.15) is 0 Å². The Balaban J connectivity index is 1.29. The van der Waals surface area contributed by atoms with Gasteiger partial charge in [0.15, 0.2) is 0 Å². The minimum atomic E-state index is -0.0101. The molecule has 0 radical (unpaired) electrons. The van der Waals surface area contributed by atoms with E-state index >= 15 is 0 Å². The Kier molecular flexibility index (Phi) is 7.57. The number of methoxy groups -OCH3 is 1. The van der Waals surface area contributed by atoms with Gasteiger partial charge in [-0.3, -0.25) is 19.6 Å². The Labute approximate surface area is 230 Å². The monoisotopic (exact) mass is 520 g/mol. The molecular formula is C33H36N4O2. The van der Waals surface area contributed by atoms with Gasteiger partial charge in [-0.25, -0.2) is 0 Å². The van der Waals surface area contributed by atoms with E-state index in [0.717, 1.165) is 72.6 Å². The molecule has 200 valence electrons. The van der Waals surface area contributed by atoms with Crippen molar-refractivity contribution in [1.82, 2.24) is 20.1 Å². The van der Waals surface area contributed by atoms with Crippen LogP contribution in [0.1, 0.15) is 51.6 Å². The summed E-state index contributed by atoms with van der Waals surface area (Å²) in [5.41, 5.74) is 6.28. The summed E-state index contributed by atoms with van der Waals surface area (Å²) >= 11 is 0. The molecule has 3 heterocycles. The first-order valence-electron chi connectivity index (χ1n) is 14.0. The average molecular weight is 521 g/mol. The second kappa shape index (κ2) is 11.6. The van der Waals surface area contributed by atoms with Crippen molar-refractivity contribution in [1.29, 1.82) is 0 Å². The normalized spacial score (nSPS) is 16.6. The van der Waals surface area contributed by atoms with E-state index in [2.05, 4.69) is 57.6 Å². The zero-order valence-corrected chi connectivity index (χ0v) is 22.6. The predicted molar refractivity (Wildman–Crippen MR) is 155 cm³/mol. The van der Waals surface area contributed by atoms with Crippen LogP contribution in [0.3, 0.4) is 0 Å². The fourth-order valence-electron chi connectivity index (χ4n) is 6.10. The van der Waals surface area contributed by atoms with Crippen LogP contribution in [0.15, 0.2) is 78.9 Å². The van der Waals surface area contributed by atoms with Crippen LogP contribution < -0.4 is 10.1 Å². The first-order chi connectivity index (χ1) is 19.2. The van der Waals surface area contributed by atoms with Gasteiger partial charge in [0, 0.05) is 49.2 Å². The van der Waals surface area contributed by atoms with Gasteiger partial charge in [0.2, 0.25) is 0 Å². The van der Waals surface area contributed by atoms with E-state index in [-0.39, 0.29) is 11.9 Å². The summed E-state index contributed by atoms with van der Waals surface area (Å²) in [6.45, 7) is 5.18. The summed E-state index contributed by atoms with van der Waals surface area (Å²) in [4.78, 5) is 24.0. The molecule has 2 aliphatic heterocycles. The van der Waals surface area contributed by atoms with Gasteiger partial charge < -0.3 is 10.1 Å². The smallest absolute Gasteiger partial charge is 0.252 e. The predicted octanol–water partition coefficient (Wildman–Crippen LogP) is 5.37. The van der Waals surface area contributed by atoms with Crippen molar-refractivity contribution >= 4 is 16.8 Å². The van der Waals surface area contributed by atoms with Gasteiger partial charge in [0.1, 0.15) is 5.75 Å². The summed E-state index contributed by atoms with van der Waals surface area (Å²) in [6, 6.07) is 27.0. The van der Waals surface area contributed by atoms with Crippen molar-refractivity contribution in [2.24, 2.45) is 0 Å². The molecule has 6 heteroatoms. The van der Waals surface area contributed by atoms with Crippen LogP contribution in [0.5, 0.6) is 5.75 Å². The average Bonchev–Trinajstić information content (AvgIpc) is 3.51. The lowest BCUT2D eigenvalue weighted by Gasteiger charge is -2.31. The molecule has 1 aromatic heterocycles. The molecule has 0 aliphatic carbocycles. The number of nitrogens with one attached hydrogen (secondary N) is 1. The molecule has 4 aromatic rings. The number of pyridine rings is 1. The number of fused-ring (bicyclic) bond motifs is 2. The van der Waals surface area contributed by atoms with Crippen LogP contribution in [0.25, 0.3) is 10.9 Å². The van der Waals surface area contributed by atoms with Crippen LogP contribution in [-0.2, 0) is 19.5 Å². The Bertz CT molecular complexity index is 1430. The van der Waals surface area contributed by atoms with Gasteiger partial charge in [-0.05, 0) is 55.3 Å². The molecule has 1 amide bonds. The number of likely N-dealkylation sites (tertiary alicyclic amines) is 1. The number of para-hydroxylation sites is 1. The third-order valence-electron chi connectivity index (χ3n) is 8.14. The van der Waals surface area contributed by atoms with Gasteiger partial charge in [-0.15, -0.1) is 0 Å². The van der Waals surface area contributed by atoms with Gasteiger partial charge in [0.25, 0.3) is 5.91 Å². The summed E-state index contributed by atoms with van der Waals surface area (Å²) in [7, 11) is 1.69. The van der Waals surface area contributed by atoms with Crippen molar-refractivity contribution in [2.45, 2.75) is 38.4 Å². The second-order valence-corrected chi connectivity index (χ2v) is 10.6. The van der Waals surface area contributed by atoms with Crippen LogP contribution >= 0.6 is 0 Å². The number of hydrogen-bond acceptors (Lipinski definition) is 5. The SMILES string of the molecule is COc1ccc([C@@H](CNC(=O)c2c3c(nc4ccccc24)CCN(Cc2ccccc2)C3)N2CCCC2)cc1. The van der Waals surface area contributed by atoms with Crippen molar-refractivity contribution in [3.05, 3.63) is 107 Å². The second-order valence-electron chi connectivity index (χ2n) is 10.6. The lowest BCUT2D eigenvalue weighted by atomic mass is 9.94. The lowest BCUT2D eigenvalue weighted by Crippen LogP contribution is -2.38. The largest absolute Gasteiger partial charge is 0.497 e. The van der Waals surface area contributed by atoms with E-state index in [9.17, 15) is 4.79 Å². The highest BCUT2D eigenvalue weighted by molar-refractivity contribution is 6.07. The molecule has 3 aromatic carbocycles. The minimum Gasteiger partial charge on any atom is -0.497 e.